The van der Waals surface area contributed by atoms with Crippen LogP contribution in [0.4, 0.5) is 17.1 Å². The van der Waals surface area contributed by atoms with Gasteiger partial charge >= 0.3 is 0 Å². The van der Waals surface area contributed by atoms with Crippen molar-refractivity contribution in [1.82, 2.24) is 0 Å². The van der Waals surface area contributed by atoms with Gasteiger partial charge in [-0.25, -0.2) is 0 Å². The van der Waals surface area contributed by atoms with Crippen LogP contribution in [-0.4, -0.2) is 14.8 Å². The Balaban J connectivity index is 1.36. The maximum atomic E-state index is 2.68. The van der Waals surface area contributed by atoms with Crippen molar-refractivity contribution in [2.24, 2.45) is 0 Å². The molecule has 10 rings (SSSR count). The summed E-state index contributed by atoms with van der Waals surface area (Å²) in [5.74, 6) is 0.477. The first-order valence-electron chi connectivity index (χ1n) is 18.2. The fourth-order valence-electron chi connectivity index (χ4n) is 9.26. The number of rotatable bonds is 4. The third kappa shape index (κ3) is 4.36. The molecule has 1 nitrogen and oxygen atoms in total. The lowest BCUT2D eigenvalue weighted by Gasteiger charge is -2.42. The molecule has 3 aliphatic heterocycles. The van der Waals surface area contributed by atoms with Crippen LogP contribution < -0.4 is 42.0 Å². The minimum Gasteiger partial charge on any atom is -0.311 e. The number of hydrogen-bond acceptors (Lipinski definition) is 2. The van der Waals surface area contributed by atoms with Crippen molar-refractivity contribution >= 4 is 80.7 Å². The van der Waals surface area contributed by atoms with Crippen LogP contribution in [0, 0.1) is 13.8 Å². The smallest absolute Gasteiger partial charge is 0.249 e. The number of anilines is 3. The summed E-state index contributed by atoms with van der Waals surface area (Å²) in [6.07, 6.45) is 0. The quantitative estimate of drug-likeness (QED) is 0.176. The molecule has 7 aromatic rings. The molecule has 0 unspecified atom stereocenters. The summed E-state index contributed by atoms with van der Waals surface area (Å²) < 4.78 is 0. The summed E-state index contributed by atoms with van der Waals surface area (Å²) in [7, 11) is -2.67. The molecule has 0 N–H and O–H groups in total. The van der Waals surface area contributed by atoms with Crippen LogP contribution in [0.15, 0.2) is 161 Å². The van der Waals surface area contributed by atoms with E-state index in [0.717, 1.165) is 0 Å². The van der Waals surface area contributed by atoms with Crippen LogP contribution in [0.25, 0.3) is 11.1 Å². The predicted molar refractivity (Wildman–Crippen MR) is 223 cm³/mol. The van der Waals surface area contributed by atoms with Gasteiger partial charge in [-0.2, -0.15) is 0 Å². The first kappa shape index (κ1) is 30.8. The number of benzene rings is 7. The Labute approximate surface area is 307 Å². The molecule has 7 aromatic carbocycles. The zero-order chi connectivity index (χ0) is 34.4. The number of para-hydroxylation sites is 1. The molecule has 0 saturated heterocycles. The highest BCUT2D eigenvalue weighted by atomic mass is 32.2. The molecular weight excluding hydrogens is 649 g/mol. The number of nitrogens with zero attached hydrogens (tertiary/aromatic N) is 1. The zero-order valence-corrected chi connectivity index (χ0v) is 31.3. The highest BCUT2D eigenvalue weighted by Gasteiger charge is 2.51. The normalized spacial score (nSPS) is 14.5. The fourth-order valence-corrected chi connectivity index (χ4v) is 15.8. The largest absolute Gasteiger partial charge is 0.311 e. The predicted octanol–water partition coefficient (Wildman–Crippen LogP) is 7.55. The lowest BCUT2D eigenvalue weighted by molar-refractivity contribution is 0.863. The van der Waals surface area contributed by atoms with E-state index in [2.05, 4.69) is 184 Å². The van der Waals surface area contributed by atoms with Crippen molar-refractivity contribution < 1.29 is 0 Å². The summed E-state index contributed by atoms with van der Waals surface area (Å²) in [6.45, 7) is 9.26. The Morgan fingerprint density at radius 3 is 1.96 bits per heavy atom. The molecular formula is C47H38BNSSi. The number of aryl methyl sites for hydroxylation is 2. The summed E-state index contributed by atoms with van der Waals surface area (Å²) in [4.78, 5) is 5.37. The number of hydrogen-bond donors (Lipinski definition) is 0. The van der Waals surface area contributed by atoms with E-state index in [1.807, 2.05) is 11.8 Å². The average molecular weight is 688 g/mol. The minimum absolute atomic E-state index is 0.135. The Morgan fingerprint density at radius 1 is 0.549 bits per heavy atom. The van der Waals surface area contributed by atoms with Crippen LogP contribution in [-0.2, 0) is 0 Å². The third-order valence-corrected chi connectivity index (χ3v) is 17.5. The zero-order valence-electron chi connectivity index (χ0n) is 29.4. The van der Waals surface area contributed by atoms with Crippen molar-refractivity contribution in [3.63, 3.8) is 0 Å². The Morgan fingerprint density at radius 2 is 1.24 bits per heavy atom. The Bertz CT molecular complexity index is 2490. The maximum Gasteiger partial charge on any atom is 0.249 e. The highest BCUT2D eigenvalue weighted by molar-refractivity contribution is 8.00. The Hall–Kier alpha value is -5.03. The van der Waals surface area contributed by atoms with Gasteiger partial charge in [0.1, 0.15) is 0 Å². The maximum absolute atomic E-state index is 2.68. The van der Waals surface area contributed by atoms with Crippen molar-refractivity contribution in [3.8, 4) is 11.1 Å². The first-order valence-corrected chi connectivity index (χ1v) is 21.0. The van der Waals surface area contributed by atoms with Crippen LogP contribution in [0.5, 0.6) is 0 Å². The molecule has 4 heteroatoms. The molecule has 3 aliphatic rings. The van der Waals surface area contributed by atoms with Gasteiger partial charge in [-0.1, -0.05) is 152 Å². The summed E-state index contributed by atoms with van der Waals surface area (Å²) in [5, 5.41) is 5.86. The van der Waals surface area contributed by atoms with Gasteiger partial charge < -0.3 is 4.90 Å². The van der Waals surface area contributed by atoms with Gasteiger partial charge in [0.25, 0.3) is 0 Å². The van der Waals surface area contributed by atoms with E-state index in [4.69, 9.17) is 0 Å². The summed E-state index contributed by atoms with van der Waals surface area (Å²) in [5.41, 5.74) is 14.8. The highest BCUT2D eigenvalue weighted by Crippen LogP contribution is 2.45. The minimum atomic E-state index is -2.67. The second-order valence-corrected chi connectivity index (χ2v) is 19.6. The van der Waals surface area contributed by atoms with Gasteiger partial charge in [-0.15, -0.1) is 0 Å². The van der Waals surface area contributed by atoms with E-state index < -0.39 is 8.07 Å². The van der Waals surface area contributed by atoms with Gasteiger partial charge in [0.05, 0.1) is 0 Å². The van der Waals surface area contributed by atoms with Crippen LogP contribution in [0.3, 0.4) is 0 Å². The van der Waals surface area contributed by atoms with Crippen LogP contribution in [0.1, 0.15) is 36.5 Å². The number of fused-ring (bicyclic) bond motifs is 7. The van der Waals surface area contributed by atoms with E-state index in [0.29, 0.717) is 5.92 Å². The summed E-state index contributed by atoms with van der Waals surface area (Å²) in [6, 6.07) is 58.4. The van der Waals surface area contributed by atoms with Crippen molar-refractivity contribution in [2.75, 3.05) is 4.90 Å². The SMILES string of the molecule is Cc1cc2c3c(c1)N(c1ccccc1C)c1cc4c(cc1B3c1ccc(C(C)C)cc1S2)[Si](c1ccccc1)(c1ccccc1)c1ccccc1-4. The molecule has 0 bridgehead atoms. The fraction of sp³-hybridized carbons (Fsp3) is 0.106. The van der Waals surface area contributed by atoms with Gasteiger partial charge in [0.2, 0.25) is 6.71 Å². The second-order valence-electron chi connectivity index (χ2n) is 14.8. The lowest BCUT2D eigenvalue weighted by Crippen LogP contribution is -2.73. The molecule has 0 atom stereocenters. The van der Waals surface area contributed by atoms with E-state index in [1.165, 1.54) is 91.8 Å². The van der Waals surface area contributed by atoms with E-state index in [-0.39, 0.29) is 6.71 Å². The third-order valence-electron chi connectivity index (χ3n) is 11.5. The standard InChI is InChI=1S/C47H38BNSSi/c1-30(2)33-23-24-38-43(27-33)50-44-26-31(3)25-42-47(44)48(38)39-29-46-37(28-41(39)49(42)40-21-13-11-15-32(40)4)36-20-12-14-22-45(36)51(46,34-16-7-5-8-17-34)35-18-9-6-10-19-35/h5-30H,1-4H3. The monoisotopic (exact) mass is 687 g/mol. The lowest BCUT2D eigenvalue weighted by atomic mass is 9.34. The van der Waals surface area contributed by atoms with Gasteiger partial charge in [0, 0.05) is 26.9 Å². The first-order chi connectivity index (χ1) is 24.9. The van der Waals surface area contributed by atoms with Gasteiger partial charge in [-0.3, -0.25) is 0 Å². The molecule has 0 amide bonds. The van der Waals surface area contributed by atoms with Crippen molar-refractivity contribution in [2.45, 2.75) is 43.4 Å². The molecule has 0 aromatic heterocycles. The molecule has 51 heavy (non-hydrogen) atoms. The van der Waals surface area contributed by atoms with Crippen molar-refractivity contribution in [3.05, 3.63) is 168 Å². The molecule has 0 radical (unpaired) electrons. The molecule has 3 heterocycles. The van der Waals surface area contributed by atoms with Gasteiger partial charge in [0.15, 0.2) is 8.07 Å². The van der Waals surface area contributed by atoms with Crippen molar-refractivity contribution in [1.29, 1.82) is 0 Å². The van der Waals surface area contributed by atoms with Crippen LogP contribution >= 0.6 is 11.8 Å². The molecule has 0 spiro atoms. The topological polar surface area (TPSA) is 3.24 Å². The molecule has 0 saturated carbocycles. The van der Waals surface area contributed by atoms with Crippen LogP contribution in [0.2, 0.25) is 0 Å². The molecule has 0 fully saturated rings. The average Bonchev–Trinajstić information content (AvgIpc) is 3.44. The summed E-state index contributed by atoms with van der Waals surface area (Å²) >= 11 is 1.96. The molecule has 244 valence electrons. The van der Waals surface area contributed by atoms with E-state index in [1.54, 1.807) is 0 Å². The molecule has 0 aliphatic carbocycles. The van der Waals surface area contributed by atoms with Gasteiger partial charge in [-0.05, 0) is 110 Å². The second kappa shape index (κ2) is 11.5. The van der Waals surface area contributed by atoms with E-state index >= 15 is 0 Å². The van der Waals surface area contributed by atoms with E-state index in [9.17, 15) is 0 Å². The Kier molecular flexibility index (Phi) is 6.94.